The quantitative estimate of drug-likeness (QED) is 0.319. The van der Waals surface area contributed by atoms with E-state index in [4.69, 9.17) is 11.6 Å². The van der Waals surface area contributed by atoms with Gasteiger partial charge in [0.05, 0.1) is 0 Å². The summed E-state index contributed by atoms with van der Waals surface area (Å²) in [5.74, 6) is 0.583. The van der Waals surface area contributed by atoms with Crippen molar-refractivity contribution >= 4 is 35.2 Å². The maximum atomic E-state index is 13.2. The second kappa shape index (κ2) is 13.4. The number of carbonyl (C=O) groups excluding carboxylic acids is 2. The predicted molar refractivity (Wildman–Crippen MR) is 131 cm³/mol. The fraction of sp³-hybridized carbons (Fsp3) is 0.440. The van der Waals surface area contributed by atoms with Crippen molar-refractivity contribution in [2.75, 3.05) is 12.3 Å². The Morgan fingerprint density at radius 1 is 1.06 bits per heavy atom. The molecule has 2 rings (SSSR count). The number of benzene rings is 2. The Bertz CT molecular complexity index is 824. The van der Waals surface area contributed by atoms with E-state index in [1.807, 2.05) is 62.4 Å². The normalized spacial score (nSPS) is 11.7. The molecule has 0 unspecified atom stereocenters. The molecule has 0 bridgehead atoms. The highest BCUT2D eigenvalue weighted by atomic mass is 35.5. The molecular weight excluding hydrogens is 428 g/mol. The van der Waals surface area contributed by atoms with Crippen LogP contribution in [0.5, 0.6) is 0 Å². The van der Waals surface area contributed by atoms with Crippen LogP contribution in [0, 0.1) is 6.92 Å². The molecule has 2 aromatic rings. The minimum atomic E-state index is -0.466. The van der Waals surface area contributed by atoms with Gasteiger partial charge in [0.15, 0.2) is 0 Å². The van der Waals surface area contributed by atoms with Gasteiger partial charge >= 0.3 is 0 Å². The van der Waals surface area contributed by atoms with Crippen molar-refractivity contribution in [1.82, 2.24) is 10.2 Å². The predicted octanol–water partition coefficient (Wildman–Crippen LogP) is 5.85. The first kappa shape index (κ1) is 25.3. The van der Waals surface area contributed by atoms with Crippen LogP contribution in [0.4, 0.5) is 0 Å². The summed E-state index contributed by atoms with van der Waals surface area (Å²) < 4.78 is 0. The molecule has 1 atom stereocenters. The highest BCUT2D eigenvalue weighted by molar-refractivity contribution is 7.99. The van der Waals surface area contributed by atoms with E-state index >= 15 is 0 Å². The minimum absolute atomic E-state index is 0.000435. The monoisotopic (exact) mass is 460 g/mol. The van der Waals surface area contributed by atoms with Gasteiger partial charge in [0, 0.05) is 35.2 Å². The van der Waals surface area contributed by atoms with E-state index in [0.29, 0.717) is 36.7 Å². The maximum absolute atomic E-state index is 13.2. The van der Waals surface area contributed by atoms with Gasteiger partial charge in [0.2, 0.25) is 11.8 Å². The second-order valence-electron chi connectivity index (χ2n) is 7.63. The molecular formula is C25H33ClN2O2S. The lowest BCUT2D eigenvalue weighted by molar-refractivity contribution is -0.141. The molecule has 0 aliphatic heterocycles. The van der Waals surface area contributed by atoms with Gasteiger partial charge in [0.1, 0.15) is 6.04 Å². The Balaban J connectivity index is 2.08. The number of hydrogen-bond acceptors (Lipinski definition) is 3. The molecule has 0 spiro atoms. The number of unbranched alkanes of at least 4 members (excludes halogenated alkanes) is 1. The average Bonchev–Trinajstić information content (AvgIpc) is 2.76. The minimum Gasteiger partial charge on any atom is -0.354 e. The molecule has 0 saturated carbocycles. The smallest absolute Gasteiger partial charge is 0.242 e. The summed E-state index contributed by atoms with van der Waals surface area (Å²) in [7, 11) is 0. The Morgan fingerprint density at radius 2 is 1.74 bits per heavy atom. The maximum Gasteiger partial charge on any atom is 0.242 e. The molecule has 2 aromatic carbocycles. The molecule has 4 nitrogen and oxygen atoms in total. The zero-order valence-corrected chi connectivity index (χ0v) is 20.3. The van der Waals surface area contributed by atoms with Crippen LogP contribution in [0.2, 0.25) is 5.02 Å². The van der Waals surface area contributed by atoms with Crippen LogP contribution in [0.1, 0.15) is 50.7 Å². The molecule has 1 N–H and O–H groups in total. The van der Waals surface area contributed by atoms with Gasteiger partial charge in [-0.2, -0.15) is 0 Å². The van der Waals surface area contributed by atoms with Crippen LogP contribution in [0.25, 0.3) is 0 Å². The first-order valence-electron chi connectivity index (χ1n) is 11.0. The van der Waals surface area contributed by atoms with E-state index in [-0.39, 0.29) is 11.8 Å². The summed E-state index contributed by atoms with van der Waals surface area (Å²) in [6.45, 7) is 7.17. The molecule has 168 valence electrons. The number of thioether (sulfide) groups is 1. The summed E-state index contributed by atoms with van der Waals surface area (Å²) in [5, 5.41) is 3.70. The second-order valence-corrected chi connectivity index (χ2v) is 9.23. The highest BCUT2D eigenvalue weighted by Gasteiger charge is 2.28. The van der Waals surface area contributed by atoms with Gasteiger partial charge in [-0.1, -0.05) is 61.7 Å². The molecule has 0 aromatic heterocycles. The van der Waals surface area contributed by atoms with Crippen molar-refractivity contribution in [3.63, 3.8) is 0 Å². The Labute approximate surface area is 195 Å². The molecule has 0 saturated heterocycles. The number of halogens is 1. The van der Waals surface area contributed by atoms with Gasteiger partial charge in [0.25, 0.3) is 0 Å². The Morgan fingerprint density at radius 3 is 2.35 bits per heavy atom. The molecule has 0 heterocycles. The number of carbonyl (C=O) groups is 2. The summed E-state index contributed by atoms with van der Waals surface area (Å²) >= 11 is 7.56. The van der Waals surface area contributed by atoms with Crippen LogP contribution in [-0.4, -0.2) is 35.1 Å². The first-order chi connectivity index (χ1) is 14.9. The fourth-order valence-corrected chi connectivity index (χ4v) is 4.21. The third-order valence-corrected chi connectivity index (χ3v) is 6.35. The number of nitrogens with one attached hydrogen (secondary N) is 1. The number of aryl methyl sites for hydroxylation is 1. The van der Waals surface area contributed by atoms with Gasteiger partial charge in [-0.3, -0.25) is 9.59 Å². The Kier molecular flexibility index (Phi) is 11.0. The molecule has 31 heavy (non-hydrogen) atoms. The number of nitrogens with zero attached hydrogens (tertiary/aromatic N) is 1. The lowest BCUT2D eigenvalue weighted by atomic mass is 10.1. The van der Waals surface area contributed by atoms with Crippen LogP contribution in [0.15, 0.2) is 53.4 Å². The average molecular weight is 461 g/mol. The third-order valence-electron chi connectivity index (χ3n) is 5.09. The van der Waals surface area contributed by atoms with Crippen molar-refractivity contribution in [3.8, 4) is 0 Å². The molecule has 0 fully saturated rings. The summed E-state index contributed by atoms with van der Waals surface area (Å²) in [5.41, 5.74) is 2.20. The van der Waals surface area contributed by atoms with Crippen LogP contribution < -0.4 is 5.32 Å². The Hall–Kier alpha value is -1.98. The van der Waals surface area contributed by atoms with Gasteiger partial charge in [-0.05, 0) is 49.6 Å². The first-order valence-corrected chi connectivity index (χ1v) is 12.3. The molecule has 2 amide bonds. The van der Waals surface area contributed by atoms with Gasteiger partial charge in [-0.25, -0.2) is 0 Å². The summed E-state index contributed by atoms with van der Waals surface area (Å²) in [4.78, 5) is 28.9. The zero-order chi connectivity index (χ0) is 22.6. The van der Waals surface area contributed by atoms with Crippen molar-refractivity contribution in [2.45, 2.75) is 63.9 Å². The lowest BCUT2D eigenvalue weighted by Gasteiger charge is -2.30. The van der Waals surface area contributed by atoms with Crippen molar-refractivity contribution in [3.05, 3.63) is 64.7 Å². The zero-order valence-electron chi connectivity index (χ0n) is 18.7. The van der Waals surface area contributed by atoms with Crippen molar-refractivity contribution in [1.29, 1.82) is 0 Å². The van der Waals surface area contributed by atoms with E-state index in [2.05, 4.69) is 12.2 Å². The van der Waals surface area contributed by atoms with E-state index in [9.17, 15) is 9.59 Å². The summed E-state index contributed by atoms with van der Waals surface area (Å²) in [6.07, 6.45) is 2.91. The molecule has 0 aliphatic rings. The van der Waals surface area contributed by atoms with Crippen LogP contribution >= 0.6 is 23.4 Å². The van der Waals surface area contributed by atoms with E-state index in [1.54, 1.807) is 16.7 Å². The lowest BCUT2D eigenvalue weighted by Crippen LogP contribution is -2.49. The SMILES string of the molecule is CCCCNC(=O)[C@@H](CC)N(Cc1ccc(C)cc1)C(=O)CCSc1ccc(Cl)cc1. The standard InChI is InChI=1S/C25H33ClN2O2S/c1-4-6-16-27-25(30)23(5-2)28(18-20-9-7-19(3)8-10-20)24(29)15-17-31-22-13-11-21(26)12-14-22/h7-14,23H,4-6,15-18H2,1-3H3,(H,27,30)/t23-/m1/s1. The van der Waals surface area contributed by atoms with Crippen LogP contribution in [-0.2, 0) is 16.1 Å². The summed E-state index contributed by atoms with van der Waals surface area (Å²) in [6, 6.07) is 15.3. The molecule has 0 radical (unpaired) electrons. The number of amides is 2. The molecule has 6 heteroatoms. The van der Waals surface area contributed by atoms with E-state index in [0.717, 1.165) is 23.3 Å². The number of hydrogen-bond donors (Lipinski definition) is 1. The van der Waals surface area contributed by atoms with Gasteiger partial charge < -0.3 is 10.2 Å². The number of rotatable bonds is 12. The molecule has 0 aliphatic carbocycles. The van der Waals surface area contributed by atoms with Crippen molar-refractivity contribution < 1.29 is 9.59 Å². The van der Waals surface area contributed by atoms with E-state index in [1.165, 1.54) is 5.56 Å². The third kappa shape index (κ3) is 8.58. The fourth-order valence-electron chi connectivity index (χ4n) is 3.25. The van der Waals surface area contributed by atoms with Crippen LogP contribution in [0.3, 0.4) is 0 Å². The largest absolute Gasteiger partial charge is 0.354 e. The van der Waals surface area contributed by atoms with Crippen molar-refractivity contribution in [2.24, 2.45) is 0 Å². The van der Waals surface area contributed by atoms with E-state index < -0.39 is 6.04 Å². The topological polar surface area (TPSA) is 49.4 Å². The highest BCUT2D eigenvalue weighted by Crippen LogP contribution is 2.22. The van der Waals surface area contributed by atoms with Gasteiger partial charge in [-0.15, -0.1) is 11.8 Å².